The Morgan fingerprint density at radius 3 is 2.44 bits per heavy atom. The number of aromatic hydroxyl groups is 2. The van der Waals surface area contributed by atoms with Gasteiger partial charge >= 0.3 is 0 Å². The number of aromatic nitrogens is 1. The van der Waals surface area contributed by atoms with Crippen molar-refractivity contribution in [2.24, 2.45) is 5.92 Å². The fourth-order valence-electron chi connectivity index (χ4n) is 1.25. The summed E-state index contributed by atoms with van der Waals surface area (Å²) >= 11 is 1.54. The van der Waals surface area contributed by atoms with Crippen LogP contribution in [0.4, 0.5) is 0 Å². The molecule has 0 bridgehead atoms. The molecule has 1 rings (SSSR count). The van der Waals surface area contributed by atoms with E-state index in [4.69, 9.17) is 4.74 Å². The zero-order valence-electron chi connectivity index (χ0n) is 11.7. The van der Waals surface area contributed by atoms with E-state index in [0.29, 0.717) is 10.8 Å². The van der Waals surface area contributed by atoms with Gasteiger partial charge in [0.2, 0.25) is 5.88 Å². The van der Waals surface area contributed by atoms with Gasteiger partial charge in [-0.1, -0.05) is 13.8 Å². The summed E-state index contributed by atoms with van der Waals surface area (Å²) in [5, 5.41) is 19.8. The van der Waals surface area contributed by atoms with Gasteiger partial charge in [0.05, 0.1) is 10.5 Å². The van der Waals surface area contributed by atoms with Crippen LogP contribution in [0.5, 0.6) is 11.8 Å². The van der Waals surface area contributed by atoms with Crippen molar-refractivity contribution in [2.45, 2.75) is 51.8 Å². The molecule has 0 fully saturated rings. The van der Waals surface area contributed by atoms with Crippen LogP contribution in [-0.4, -0.2) is 26.1 Å². The number of hydrogen-bond acceptors (Lipinski definition) is 4. The molecule has 1 aromatic rings. The van der Waals surface area contributed by atoms with Crippen molar-refractivity contribution in [1.29, 1.82) is 0 Å². The van der Waals surface area contributed by atoms with Gasteiger partial charge in [0.15, 0.2) is 5.88 Å². The summed E-state index contributed by atoms with van der Waals surface area (Å²) in [4.78, 5) is 0.693. The van der Waals surface area contributed by atoms with Gasteiger partial charge in [0, 0.05) is 11.8 Å². The van der Waals surface area contributed by atoms with Crippen molar-refractivity contribution in [2.75, 3.05) is 5.75 Å². The van der Waals surface area contributed by atoms with Crippen molar-refractivity contribution >= 4 is 11.8 Å². The summed E-state index contributed by atoms with van der Waals surface area (Å²) in [7, 11) is 0. The normalized spacial score (nSPS) is 12.3. The molecule has 1 heterocycles. The minimum atomic E-state index is -0.311. The van der Waals surface area contributed by atoms with E-state index in [9.17, 15) is 10.2 Å². The second-order valence-corrected chi connectivity index (χ2v) is 6.77. The zero-order chi connectivity index (χ0) is 13.9. The molecule has 0 amide bonds. The molecular weight excluding hydrogens is 250 g/mol. The van der Waals surface area contributed by atoms with Gasteiger partial charge in [-0.05, 0) is 26.7 Å². The second kappa shape index (κ2) is 5.89. The Morgan fingerprint density at radius 2 is 1.94 bits per heavy atom. The molecule has 4 nitrogen and oxygen atoms in total. The Labute approximate surface area is 113 Å². The standard InChI is InChI=1S/C13H23NO3S/c1-9(2)7-18-10-6-11(15)14(12(10)16)8-17-13(3,4)5/h6,9,15-16H,7-8H2,1-5H3. The molecule has 0 atom stereocenters. The average Bonchev–Trinajstić information content (AvgIpc) is 2.47. The lowest BCUT2D eigenvalue weighted by molar-refractivity contribution is -0.0474. The topological polar surface area (TPSA) is 54.6 Å². The Bertz CT molecular complexity index is 394. The summed E-state index contributed by atoms with van der Waals surface area (Å²) in [5.41, 5.74) is -0.311. The minimum absolute atomic E-state index is 0.0306. The maximum Gasteiger partial charge on any atom is 0.209 e. The number of nitrogens with zero attached hydrogens (tertiary/aromatic N) is 1. The fourth-order valence-corrected chi connectivity index (χ4v) is 2.19. The Hall–Kier alpha value is -0.810. The van der Waals surface area contributed by atoms with E-state index >= 15 is 0 Å². The van der Waals surface area contributed by atoms with E-state index in [1.165, 1.54) is 16.3 Å². The predicted molar refractivity (Wildman–Crippen MR) is 74.2 cm³/mol. The van der Waals surface area contributed by atoms with Gasteiger partial charge in [-0.3, -0.25) is 4.57 Å². The van der Waals surface area contributed by atoms with Crippen LogP contribution < -0.4 is 0 Å². The van der Waals surface area contributed by atoms with Gasteiger partial charge < -0.3 is 14.9 Å². The smallest absolute Gasteiger partial charge is 0.209 e. The lowest BCUT2D eigenvalue weighted by Gasteiger charge is -2.20. The molecule has 5 heteroatoms. The van der Waals surface area contributed by atoms with Crippen LogP contribution in [0.2, 0.25) is 0 Å². The molecule has 0 radical (unpaired) electrons. The lowest BCUT2D eigenvalue weighted by Crippen LogP contribution is -2.20. The van der Waals surface area contributed by atoms with Crippen LogP contribution in [0, 0.1) is 5.92 Å². The monoisotopic (exact) mass is 273 g/mol. The van der Waals surface area contributed by atoms with Crippen molar-refractivity contribution < 1.29 is 14.9 Å². The van der Waals surface area contributed by atoms with Crippen molar-refractivity contribution in [3.8, 4) is 11.8 Å². The van der Waals surface area contributed by atoms with Crippen LogP contribution >= 0.6 is 11.8 Å². The molecule has 0 saturated carbocycles. The van der Waals surface area contributed by atoms with E-state index < -0.39 is 0 Å². The maximum absolute atomic E-state index is 10.0. The van der Waals surface area contributed by atoms with E-state index in [1.807, 2.05) is 20.8 Å². The van der Waals surface area contributed by atoms with E-state index in [1.54, 1.807) is 6.07 Å². The molecule has 0 saturated heterocycles. The minimum Gasteiger partial charge on any atom is -0.494 e. The van der Waals surface area contributed by atoms with Crippen molar-refractivity contribution in [3.63, 3.8) is 0 Å². The third-order valence-electron chi connectivity index (χ3n) is 2.21. The van der Waals surface area contributed by atoms with E-state index in [0.717, 1.165) is 5.75 Å². The van der Waals surface area contributed by atoms with Gasteiger partial charge in [0.25, 0.3) is 0 Å². The highest BCUT2D eigenvalue weighted by atomic mass is 32.2. The molecule has 0 aliphatic carbocycles. The molecule has 2 N–H and O–H groups in total. The summed E-state index contributed by atoms with van der Waals surface area (Å²) in [5.74, 6) is 1.54. The Morgan fingerprint density at radius 1 is 1.33 bits per heavy atom. The van der Waals surface area contributed by atoms with Gasteiger partial charge in [0.1, 0.15) is 6.73 Å². The molecule has 0 aliphatic heterocycles. The molecule has 0 unspecified atom stereocenters. The molecule has 0 spiro atoms. The molecule has 1 aromatic heterocycles. The summed E-state index contributed by atoms with van der Waals surface area (Å²) in [6.07, 6.45) is 0. The number of rotatable bonds is 5. The number of ether oxygens (including phenoxy) is 1. The predicted octanol–water partition coefficient (Wildman–Crippen LogP) is 3.42. The third kappa shape index (κ3) is 4.46. The average molecular weight is 273 g/mol. The molecule has 104 valence electrons. The highest BCUT2D eigenvalue weighted by molar-refractivity contribution is 7.99. The summed E-state index contributed by atoms with van der Waals surface area (Å²) < 4.78 is 6.92. The van der Waals surface area contributed by atoms with Gasteiger partial charge in [-0.25, -0.2) is 0 Å². The van der Waals surface area contributed by atoms with Gasteiger partial charge in [-0.2, -0.15) is 0 Å². The number of hydrogen-bond donors (Lipinski definition) is 2. The Kier molecular flexibility index (Phi) is 4.99. The number of thioether (sulfide) groups is 1. The van der Waals surface area contributed by atoms with Crippen LogP contribution in [-0.2, 0) is 11.5 Å². The van der Waals surface area contributed by atoms with Crippen LogP contribution in [0.1, 0.15) is 34.6 Å². The first-order valence-corrected chi connectivity index (χ1v) is 7.07. The van der Waals surface area contributed by atoms with Gasteiger partial charge in [-0.15, -0.1) is 11.8 Å². The van der Waals surface area contributed by atoms with Crippen LogP contribution in [0.3, 0.4) is 0 Å². The van der Waals surface area contributed by atoms with Crippen LogP contribution in [0.15, 0.2) is 11.0 Å². The van der Waals surface area contributed by atoms with E-state index in [2.05, 4.69) is 13.8 Å². The largest absolute Gasteiger partial charge is 0.494 e. The highest BCUT2D eigenvalue weighted by Crippen LogP contribution is 2.36. The SMILES string of the molecule is CC(C)CSc1cc(O)n(COC(C)(C)C)c1O. The summed E-state index contributed by atoms with van der Waals surface area (Å²) in [6, 6.07) is 1.58. The Balaban J connectivity index is 2.74. The lowest BCUT2D eigenvalue weighted by atomic mass is 10.2. The first kappa shape index (κ1) is 15.2. The zero-order valence-corrected chi connectivity index (χ0v) is 12.5. The molecular formula is C13H23NO3S. The fraction of sp³-hybridized carbons (Fsp3) is 0.692. The van der Waals surface area contributed by atoms with Crippen LogP contribution in [0.25, 0.3) is 0 Å². The third-order valence-corrected chi connectivity index (χ3v) is 3.66. The molecule has 0 aromatic carbocycles. The maximum atomic E-state index is 10.0. The summed E-state index contributed by atoms with van der Waals surface area (Å²) in [6.45, 7) is 10.2. The van der Waals surface area contributed by atoms with Crippen molar-refractivity contribution in [1.82, 2.24) is 4.57 Å². The van der Waals surface area contributed by atoms with Crippen molar-refractivity contribution in [3.05, 3.63) is 6.07 Å². The quantitative estimate of drug-likeness (QED) is 0.807. The second-order valence-electron chi connectivity index (χ2n) is 5.71. The highest BCUT2D eigenvalue weighted by Gasteiger charge is 2.17. The molecule has 18 heavy (non-hydrogen) atoms. The first-order chi connectivity index (χ1) is 8.20. The molecule has 0 aliphatic rings. The van der Waals surface area contributed by atoms with E-state index in [-0.39, 0.29) is 24.1 Å². The first-order valence-electron chi connectivity index (χ1n) is 6.09.